The third-order valence-corrected chi connectivity index (χ3v) is 4.26. The highest BCUT2D eigenvalue weighted by Gasteiger charge is 2.26. The molecule has 3 nitrogen and oxygen atoms in total. The second-order valence-corrected chi connectivity index (χ2v) is 6.21. The van der Waals surface area contributed by atoms with E-state index in [1.165, 1.54) is 0 Å². The number of benzene rings is 2. The first-order valence-corrected chi connectivity index (χ1v) is 7.97. The quantitative estimate of drug-likeness (QED) is 0.763. The van der Waals surface area contributed by atoms with Gasteiger partial charge in [0.2, 0.25) is 5.91 Å². The Morgan fingerprint density at radius 2 is 1.65 bits per heavy atom. The lowest BCUT2D eigenvalue weighted by atomic mass is 9.96. The summed E-state index contributed by atoms with van der Waals surface area (Å²) in [5.41, 5.74) is 3.34. The number of carbonyl (C=O) groups is 1. The molecule has 0 saturated carbocycles. The minimum Gasteiger partial charge on any atom is -0.361 e. The summed E-state index contributed by atoms with van der Waals surface area (Å²) in [7, 11) is 1.89. The Kier molecular flexibility index (Phi) is 4.20. The molecule has 1 N–H and O–H groups in total. The number of fused-ring (bicyclic) bond motifs is 1. The molecule has 0 bridgehead atoms. The van der Waals surface area contributed by atoms with Crippen LogP contribution in [-0.4, -0.2) is 22.8 Å². The first-order valence-electron chi connectivity index (χ1n) is 7.97. The molecule has 0 aliphatic carbocycles. The van der Waals surface area contributed by atoms with Crippen LogP contribution in [0.2, 0.25) is 0 Å². The summed E-state index contributed by atoms with van der Waals surface area (Å²) >= 11 is 0. The van der Waals surface area contributed by atoms with Crippen molar-refractivity contribution in [1.29, 1.82) is 0 Å². The highest BCUT2D eigenvalue weighted by molar-refractivity contribution is 5.85. The molecule has 3 aromatic rings. The zero-order chi connectivity index (χ0) is 16.4. The molecule has 118 valence electrons. The van der Waals surface area contributed by atoms with Gasteiger partial charge in [0.25, 0.3) is 0 Å². The topological polar surface area (TPSA) is 36.1 Å². The Morgan fingerprint density at radius 1 is 1.00 bits per heavy atom. The van der Waals surface area contributed by atoms with Crippen LogP contribution in [0.4, 0.5) is 0 Å². The molecule has 3 heteroatoms. The van der Waals surface area contributed by atoms with Crippen molar-refractivity contribution in [2.24, 2.45) is 5.92 Å². The van der Waals surface area contributed by atoms with Gasteiger partial charge in [-0.2, -0.15) is 0 Å². The van der Waals surface area contributed by atoms with Crippen LogP contribution in [0.25, 0.3) is 10.9 Å². The van der Waals surface area contributed by atoms with E-state index in [1.807, 2.05) is 62.3 Å². The van der Waals surface area contributed by atoms with Gasteiger partial charge in [-0.3, -0.25) is 4.79 Å². The Balaban J connectivity index is 2.14. The maximum Gasteiger partial charge on any atom is 0.225 e. The number of para-hydroxylation sites is 1. The van der Waals surface area contributed by atoms with Crippen molar-refractivity contribution in [3.05, 3.63) is 71.9 Å². The van der Waals surface area contributed by atoms with Crippen LogP contribution in [0, 0.1) is 5.92 Å². The van der Waals surface area contributed by atoms with E-state index in [-0.39, 0.29) is 17.9 Å². The van der Waals surface area contributed by atoms with Crippen LogP contribution in [0.1, 0.15) is 31.0 Å². The number of carbonyl (C=O) groups excluding carboxylic acids is 1. The fourth-order valence-electron chi connectivity index (χ4n) is 3.10. The molecule has 0 aliphatic heterocycles. The molecule has 3 rings (SSSR count). The zero-order valence-corrected chi connectivity index (χ0v) is 13.8. The normalized spacial score (nSPS) is 12.5. The summed E-state index contributed by atoms with van der Waals surface area (Å²) in [6.45, 7) is 3.88. The molecular formula is C20H22N2O. The summed E-state index contributed by atoms with van der Waals surface area (Å²) in [4.78, 5) is 17.8. The Hall–Kier alpha value is -2.55. The van der Waals surface area contributed by atoms with Crippen molar-refractivity contribution in [1.82, 2.24) is 9.88 Å². The van der Waals surface area contributed by atoms with Crippen LogP contribution >= 0.6 is 0 Å². The summed E-state index contributed by atoms with van der Waals surface area (Å²) in [5, 5.41) is 1.16. The smallest absolute Gasteiger partial charge is 0.225 e. The Bertz CT molecular complexity index is 805. The number of H-pyrrole nitrogens is 1. The summed E-state index contributed by atoms with van der Waals surface area (Å²) < 4.78 is 0. The van der Waals surface area contributed by atoms with Crippen molar-refractivity contribution < 1.29 is 4.79 Å². The van der Waals surface area contributed by atoms with Crippen molar-refractivity contribution in [2.75, 3.05) is 7.05 Å². The van der Waals surface area contributed by atoms with Crippen LogP contribution < -0.4 is 0 Å². The molecule has 0 aliphatic rings. The van der Waals surface area contributed by atoms with E-state index in [4.69, 9.17) is 0 Å². The molecule has 1 aromatic heterocycles. The van der Waals surface area contributed by atoms with Gasteiger partial charge in [-0.15, -0.1) is 0 Å². The third kappa shape index (κ3) is 2.87. The number of nitrogens with one attached hydrogen (secondary N) is 1. The number of rotatable bonds is 4. The SMILES string of the molecule is CC(C)C(=O)N(C)[C@@H](c1ccccc1)c1c[nH]c2ccccc12. The first kappa shape index (κ1) is 15.3. The molecule has 0 spiro atoms. The van der Waals surface area contributed by atoms with Gasteiger partial charge in [-0.05, 0) is 11.6 Å². The highest BCUT2D eigenvalue weighted by Crippen LogP contribution is 2.33. The van der Waals surface area contributed by atoms with Gasteiger partial charge in [0, 0.05) is 35.6 Å². The van der Waals surface area contributed by atoms with Gasteiger partial charge in [0.15, 0.2) is 0 Å². The molecule has 1 amide bonds. The minimum atomic E-state index is -0.0951. The van der Waals surface area contributed by atoms with E-state index in [0.29, 0.717) is 0 Å². The second kappa shape index (κ2) is 6.29. The van der Waals surface area contributed by atoms with Crippen LogP contribution in [0.15, 0.2) is 60.8 Å². The van der Waals surface area contributed by atoms with Gasteiger partial charge in [-0.25, -0.2) is 0 Å². The van der Waals surface area contributed by atoms with Crippen LogP contribution in [0.3, 0.4) is 0 Å². The minimum absolute atomic E-state index is 0.0311. The molecular weight excluding hydrogens is 284 g/mol. The van der Waals surface area contributed by atoms with E-state index in [0.717, 1.165) is 22.0 Å². The van der Waals surface area contributed by atoms with E-state index < -0.39 is 0 Å². The van der Waals surface area contributed by atoms with Crippen molar-refractivity contribution in [2.45, 2.75) is 19.9 Å². The molecule has 0 fully saturated rings. The van der Waals surface area contributed by atoms with Crippen LogP contribution in [-0.2, 0) is 4.79 Å². The van der Waals surface area contributed by atoms with Gasteiger partial charge in [0.05, 0.1) is 6.04 Å². The van der Waals surface area contributed by atoms with Crippen LogP contribution in [0.5, 0.6) is 0 Å². The molecule has 2 aromatic carbocycles. The number of nitrogens with zero attached hydrogens (tertiary/aromatic N) is 1. The predicted octanol–water partition coefficient (Wildman–Crippen LogP) is 4.37. The second-order valence-electron chi connectivity index (χ2n) is 6.21. The largest absolute Gasteiger partial charge is 0.361 e. The number of hydrogen-bond donors (Lipinski definition) is 1. The van der Waals surface area contributed by atoms with Crippen molar-refractivity contribution >= 4 is 16.8 Å². The standard InChI is InChI=1S/C20H22N2O/c1-14(2)20(23)22(3)19(15-9-5-4-6-10-15)17-13-21-18-12-8-7-11-16(17)18/h4-14,19,21H,1-3H3/t19-/m0/s1. The lowest BCUT2D eigenvalue weighted by Crippen LogP contribution is -2.34. The zero-order valence-electron chi connectivity index (χ0n) is 13.8. The van der Waals surface area contributed by atoms with Gasteiger partial charge in [-0.1, -0.05) is 62.4 Å². The third-order valence-electron chi connectivity index (χ3n) is 4.26. The van der Waals surface area contributed by atoms with Gasteiger partial charge < -0.3 is 9.88 Å². The fraction of sp³-hybridized carbons (Fsp3) is 0.250. The molecule has 1 heterocycles. The molecule has 23 heavy (non-hydrogen) atoms. The predicted molar refractivity (Wildman–Crippen MR) is 94.2 cm³/mol. The number of aromatic amines is 1. The van der Waals surface area contributed by atoms with Crippen molar-refractivity contribution in [3.63, 3.8) is 0 Å². The number of amides is 1. The number of hydrogen-bond acceptors (Lipinski definition) is 1. The van der Waals surface area contributed by atoms with Gasteiger partial charge >= 0.3 is 0 Å². The molecule has 0 unspecified atom stereocenters. The Labute approximate surface area is 136 Å². The lowest BCUT2D eigenvalue weighted by Gasteiger charge is -2.30. The molecule has 0 radical (unpaired) electrons. The monoisotopic (exact) mass is 306 g/mol. The van der Waals surface area contributed by atoms with Gasteiger partial charge in [0.1, 0.15) is 0 Å². The van der Waals surface area contributed by atoms with E-state index in [1.54, 1.807) is 0 Å². The summed E-state index contributed by atoms with van der Waals surface area (Å²) in [5.74, 6) is 0.112. The first-order chi connectivity index (χ1) is 11.1. The Morgan fingerprint density at radius 3 is 2.35 bits per heavy atom. The molecule has 1 atom stereocenters. The summed E-state index contributed by atoms with van der Waals surface area (Å²) in [6, 6.07) is 18.3. The summed E-state index contributed by atoms with van der Waals surface area (Å²) in [6.07, 6.45) is 2.02. The average Bonchev–Trinajstić information content (AvgIpc) is 2.99. The van der Waals surface area contributed by atoms with E-state index >= 15 is 0 Å². The lowest BCUT2D eigenvalue weighted by molar-refractivity contribution is -0.134. The fourth-order valence-corrected chi connectivity index (χ4v) is 3.10. The molecule has 0 saturated heterocycles. The maximum atomic E-state index is 12.6. The number of aromatic nitrogens is 1. The van der Waals surface area contributed by atoms with Crippen molar-refractivity contribution in [3.8, 4) is 0 Å². The van der Waals surface area contributed by atoms with E-state index in [2.05, 4.69) is 29.2 Å². The average molecular weight is 306 g/mol. The maximum absolute atomic E-state index is 12.6. The van der Waals surface area contributed by atoms with E-state index in [9.17, 15) is 4.79 Å². The highest BCUT2D eigenvalue weighted by atomic mass is 16.2.